The number of esters is 1. The molecule has 11 heteroatoms. The highest BCUT2D eigenvalue weighted by Gasteiger charge is 2.57. The first-order valence-corrected chi connectivity index (χ1v) is 12.7. The number of alkyl carbamates (subject to hydrolysis) is 1. The SMILES string of the molecule is CCNC(=O)OCC1=C(C(=O)OC(c2ccccc2)c2ccccc2)N2C(=O)[C@@H](NC=O)[C@H]2S(=O)C1. The standard InChI is InChI=1S/C25H25N3O7S/c1-2-26-25(32)34-13-18-14-36(33)23-19(27-15-29)22(30)28(23)20(18)24(31)35-21(16-9-5-3-6-10-16)17-11-7-4-8-12-17/h3-12,15,19,21,23H,2,13-14H2,1H3,(H,26,32)(H,27,29)/t19-,23-,36?/m1/s1. The number of nitrogens with zero attached hydrogens (tertiary/aromatic N) is 1. The van der Waals surface area contributed by atoms with E-state index in [4.69, 9.17) is 9.47 Å². The number of benzene rings is 2. The number of rotatable bonds is 9. The molecule has 1 unspecified atom stereocenters. The molecule has 0 bridgehead atoms. The minimum atomic E-state index is -1.64. The maximum absolute atomic E-state index is 13.6. The van der Waals surface area contributed by atoms with Gasteiger partial charge in [-0.05, 0) is 18.1 Å². The predicted octanol–water partition coefficient (Wildman–Crippen LogP) is 1.36. The van der Waals surface area contributed by atoms with Gasteiger partial charge in [0, 0.05) is 12.1 Å². The Bertz CT molecular complexity index is 1160. The van der Waals surface area contributed by atoms with Crippen molar-refractivity contribution in [2.45, 2.75) is 24.4 Å². The second kappa shape index (κ2) is 11.2. The highest BCUT2D eigenvalue weighted by Crippen LogP contribution is 2.37. The van der Waals surface area contributed by atoms with Crippen molar-refractivity contribution in [3.05, 3.63) is 83.1 Å². The van der Waals surface area contributed by atoms with Crippen molar-refractivity contribution in [2.24, 2.45) is 0 Å². The lowest BCUT2D eigenvalue weighted by Crippen LogP contribution is -2.73. The number of hydrogen-bond acceptors (Lipinski definition) is 7. The van der Waals surface area contributed by atoms with Crippen molar-refractivity contribution in [1.29, 1.82) is 0 Å². The quantitative estimate of drug-likeness (QED) is 0.295. The number of hydrogen-bond donors (Lipinski definition) is 2. The van der Waals surface area contributed by atoms with Crippen LogP contribution in [0, 0.1) is 0 Å². The fourth-order valence-corrected chi connectivity index (χ4v) is 5.82. The zero-order valence-electron chi connectivity index (χ0n) is 19.4. The van der Waals surface area contributed by atoms with Crippen LogP contribution in [0.15, 0.2) is 71.9 Å². The fraction of sp³-hybridized carbons (Fsp3) is 0.280. The molecule has 1 fully saturated rings. The number of fused-ring (bicyclic) bond motifs is 1. The summed E-state index contributed by atoms with van der Waals surface area (Å²) in [5, 5.41) is 3.91. The van der Waals surface area contributed by atoms with Gasteiger partial charge in [-0.25, -0.2) is 9.59 Å². The van der Waals surface area contributed by atoms with Gasteiger partial charge in [0.15, 0.2) is 6.10 Å². The first-order valence-electron chi connectivity index (χ1n) is 11.3. The summed E-state index contributed by atoms with van der Waals surface area (Å²) in [5.41, 5.74) is 1.49. The van der Waals surface area contributed by atoms with E-state index in [1.807, 2.05) is 60.7 Å². The monoisotopic (exact) mass is 511 g/mol. The van der Waals surface area contributed by atoms with Gasteiger partial charge in [0.2, 0.25) is 6.41 Å². The van der Waals surface area contributed by atoms with E-state index in [0.717, 1.165) is 4.90 Å². The first kappa shape index (κ1) is 25.1. The summed E-state index contributed by atoms with van der Waals surface area (Å²) in [6, 6.07) is 17.2. The lowest BCUT2D eigenvalue weighted by Gasteiger charge is -2.48. The van der Waals surface area contributed by atoms with Crippen LogP contribution < -0.4 is 10.6 Å². The van der Waals surface area contributed by atoms with Crippen molar-refractivity contribution < 1.29 is 32.9 Å². The molecule has 0 spiro atoms. The Morgan fingerprint density at radius 1 is 1.11 bits per heavy atom. The molecule has 1 saturated heterocycles. The van der Waals surface area contributed by atoms with Crippen LogP contribution in [0.1, 0.15) is 24.2 Å². The number of nitrogens with one attached hydrogen (secondary N) is 2. The molecular weight excluding hydrogens is 486 g/mol. The lowest BCUT2D eigenvalue weighted by molar-refractivity contribution is -0.154. The van der Waals surface area contributed by atoms with Crippen molar-refractivity contribution >= 4 is 35.2 Å². The summed E-state index contributed by atoms with van der Waals surface area (Å²) in [5.74, 6) is -1.56. The van der Waals surface area contributed by atoms with Crippen LogP contribution in [0.4, 0.5) is 4.79 Å². The second-order valence-corrected chi connectivity index (χ2v) is 9.58. The third-order valence-corrected chi connectivity index (χ3v) is 7.43. The maximum atomic E-state index is 13.6. The van der Waals surface area contributed by atoms with E-state index in [-0.39, 0.29) is 23.6 Å². The molecule has 2 aliphatic heterocycles. The van der Waals surface area contributed by atoms with Gasteiger partial charge in [-0.3, -0.25) is 18.7 Å². The van der Waals surface area contributed by atoms with Gasteiger partial charge in [0.25, 0.3) is 5.91 Å². The minimum absolute atomic E-state index is 0.128. The molecule has 0 aliphatic carbocycles. The maximum Gasteiger partial charge on any atom is 0.407 e. The number of β-lactam (4-membered cyclic amide) rings is 1. The van der Waals surface area contributed by atoms with Gasteiger partial charge >= 0.3 is 12.1 Å². The molecule has 188 valence electrons. The van der Waals surface area contributed by atoms with E-state index in [0.29, 0.717) is 24.1 Å². The number of ether oxygens (including phenoxy) is 2. The van der Waals surface area contributed by atoms with Crippen molar-refractivity contribution in [3.8, 4) is 0 Å². The molecule has 2 N–H and O–H groups in total. The molecule has 3 amide bonds. The molecule has 36 heavy (non-hydrogen) atoms. The summed E-state index contributed by atoms with van der Waals surface area (Å²) < 4.78 is 24.0. The summed E-state index contributed by atoms with van der Waals surface area (Å²) in [7, 11) is -1.64. The predicted molar refractivity (Wildman–Crippen MR) is 130 cm³/mol. The van der Waals surface area contributed by atoms with E-state index >= 15 is 0 Å². The van der Waals surface area contributed by atoms with Crippen LogP contribution in [0.3, 0.4) is 0 Å². The molecule has 0 aromatic heterocycles. The summed E-state index contributed by atoms with van der Waals surface area (Å²) in [6.07, 6.45) is -1.15. The molecule has 2 aliphatic rings. The molecule has 10 nitrogen and oxygen atoms in total. The number of carbonyl (C=O) groups is 4. The van der Waals surface area contributed by atoms with Crippen LogP contribution in [-0.4, -0.2) is 63.8 Å². The Morgan fingerprint density at radius 2 is 1.72 bits per heavy atom. The molecular formula is C25H25N3O7S. The van der Waals surface area contributed by atoms with Crippen LogP contribution in [0.2, 0.25) is 0 Å². The molecule has 3 atom stereocenters. The molecule has 0 radical (unpaired) electrons. The van der Waals surface area contributed by atoms with E-state index in [1.54, 1.807) is 6.92 Å². The molecule has 2 heterocycles. The van der Waals surface area contributed by atoms with E-state index in [1.165, 1.54) is 0 Å². The zero-order chi connectivity index (χ0) is 25.7. The van der Waals surface area contributed by atoms with Crippen molar-refractivity contribution in [3.63, 3.8) is 0 Å². The number of carbonyl (C=O) groups excluding carboxylic acids is 4. The Labute approximate surface area is 210 Å². The fourth-order valence-electron chi connectivity index (χ4n) is 4.14. The average Bonchev–Trinajstić information content (AvgIpc) is 2.89. The smallest absolute Gasteiger partial charge is 0.407 e. The van der Waals surface area contributed by atoms with Gasteiger partial charge in [-0.2, -0.15) is 0 Å². The highest BCUT2D eigenvalue weighted by molar-refractivity contribution is 7.86. The Kier molecular flexibility index (Phi) is 7.79. The summed E-state index contributed by atoms with van der Waals surface area (Å²) >= 11 is 0. The van der Waals surface area contributed by atoms with Crippen LogP contribution in [0.5, 0.6) is 0 Å². The van der Waals surface area contributed by atoms with Crippen molar-refractivity contribution in [1.82, 2.24) is 15.5 Å². The normalized spacial score (nSPS) is 20.8. The Morgan fingerprint density at radius 3 is 2.28 bits per heavy atom. The summed E-state index contributed by atoms with van der Waals surface area (Å²) in [6.45, 7) is 1.70. The van der Waals surface area contributed by atoms with E-state index < -0.39 is 46.3 Å². The van der Waals surface area contributed by atoms with Crippen LogP contribution in [0.25, 0.3) is 0 Å². The summed E-state index contributed by atoms with van der Waals surface area (Å²) in [4.78, 5) is 50.4. The molecule has 0 saturated carbocycles. The van der Waals surface area contributed by atoms with Gasteiger partial charge in [0.05, 0.1) is 16.6 Å². The van der Waals surface area contributed by atoms with Crippen molar-refractivity contribution in [2.75, 3.05) is 18.9 Å². The van der Waals surface area contributed by atoms with Crippen LogP contribution in [-0.2, 0) is 34.7 Å². The molecule has 4 rings (SSSR count). The second-order valence-electron chi connectivity index (χ2n) is 8.05. The number of amides is 3. The van der Waals surface area contributed by atoms with Gasteiger partial charge in [0.1, 0.15) is 23.7 Å². The van der Waals surface area contributed by atoms with E-state index in [2.05, 4.69) is 10.6 Å². The largest absolute Gasteiger partial charge is 0.448 e. The van der Waals surface area contributed by atoms with Gasteiger partial charge in [-0.15, -0.1) is 0 Å². The molecule has 2 aromatic carbocycles. The van der Waals surface area contributed by atoms with E-state index in [9.17, 15) is 23.4 Å². The van der Waals surface area contributed by atoms with Crippen LogP contribution >= 0.6 is 0 Å². The third kappa shape index (κ3) is 5.01. The average molecular weight is 512 g/mol. The Hall–Kier alpha value is -3.99. The highest BCUT2D eigenvalue weighted by atomic mass is 32.2. The lowest BCUT2D eigenvalue weighted by atomic mass is 10.0. The third-order valence-electron chi connectivity index (χ3n) is 5.77. The van der Waals surface area contributed by atoms with Gasteiger partial charge in [-0.1, -0.05) is 60.7 Å². The zero-order valence-corrected chi connectivity index (χ0v) is 20.2. The van der Waals surface area contributed by atoms with Gasteiger partial charge < -0.3 is 20.1 Å². The minimum Gasteiger partial charge on any atom is -0.448 e. The molecule has 2 aromatic rings. The topological polar surface area (TPSA) is 131 Å². The Balaban J connectivity index is 1.69. The first-order chi connectivity index (χ1) is 17.5.